The number of anilines is 1. The number of nitrogens with zero attached hydrogens (tertiary/aromatic N) is 4. The number of ether oxygens (including phenoxy) is 1. The molecule has 0 aromatic carbocycles. The van der Waals surface area contributed by atoms with Gasteiger partial charge in [-0.1, -0.05) is 47.0 Å². The van der Waals surface area contributed by atoms with Gasteiger partial charge in [0.25, 0.3) is 0 Å². The van der Waals surface area contributed by atoms with Crippen LogP contribution in [0.4, 0.5) is 5.82 Å². The van der Waals surface area contributed by atoms with Crippen LogP contribution in [0, 0.1) is 0 Å². The van der Waals surface area contributed by atoms with Crippen molar-refractivity contribution in [3.8, 4) is 0 Å². The van der Waals surface area contributed by atoms with Crippen LogP contribution >= 0.6 is 0 Å². The summed E-state index contributed by atoms with van der Waals surface area (Å²) in [6, 6.07) is 3.95. The van der Waals surface area contributed by atoms with Gasteiger partial charge in [0.15, 0.2) is 11.5 Å². The Morgan fingerprint density at radius 2 is 1.92 bits per heavy atom. The molecule has 1 aliphatic rings. The predicted molar refractivity (Wildman–Crippen MR) is 100 cm³/mol. The molecule has 25 heavy (non-hydrogen) atoms. The fourth-order valence-electron chi connectivity index (χ4n) is 3.49. The average molecular weight is 345 g/mol. The summed E-state index contributed by atoms with van der Waals surface area (Å²) in [6.45, 7) is 10.2. The SMILES string of the molecule is CCCOC1(CNc2ccc3nnc(C(C)(C)C)n3n2)CCCCC1. The van der Waals surface area contributed by atoms with Gasteiger partial charge in [0.05, 0.1) is 5.60 Å². The van der Waals surface area contributed by atoms with Gasteiger partial charge in [-0.2, -0.15) is 4.52 Å². The average Bonchev–Trinajstić information content (AvgIpc) is 3.03. The normalized spacial score (nSPS) is 17.8. The first-order valence-electron chi connectivity index (χ1n) is 9.54. The first-order valence-corrected chi connectivity index (χ1v) is 9.54. The minimum absolute atomic E-state index is 0.0507. The Morgan fingerprint density at radius 1 is 1.16 bits per heavy atom. The van der Waals surface area contributed by atoms with E-state index in [9.17, 15) is 0 Å². The molecule has 2 aromatic heterocycles. The molecule has 6 heteroatoms. The van der Waals surface area contributed by atoms with Gasteiger partial charge < -0.3 is 10.1 Å². The van der Waals surface area contributed by atoms with Crippen molar-refractivity contribution >= 4 is 11.5 Å². The third-order valence-electron chi connectivity index (χ3n) is 4.90. The molecule has 0 aliphatic heterocycles. The molecular formula is C19H31N5O. The Labute approximate surface area is 150 Å². The largest absolute Gasteiger partial charge is 0.373 e. The number of fused-ring (bicyclic) bond motifs is 1. The lowest BCUT2D eigenvalue weighted by Gasteiger charge is -2.37. The highest BCUT2D eigenvalue weighted by atomic mass is 16.5. The van der Waals surface area contributed by atoms with Gasteiger partial charge in [-0.3, -0.25) is 0 Å². The van der Waals surface area contributed by atoms with Crippen molar-refractivity contribution in [3.63, 3.8) is 0 Å². The van der Waals surface area contributed by atoms with E-state index in [1.54, 1.807) is 0 Å². The second-order valence-corrected chi connectivity index (χ2v) is 8.21. The van der Waals surface area contributed by atoms with Gasteiger partial charge in [0.2, 0.25) is 0 Å². The molecule has 1 saturated carbocycles. The van der Waals surface area contributed by atoms with Crippen molar-refractivity contribution in [2.45, 2.75) is 77.2 Å². The fourth-order valence-corrected chi connectivity index (χ4v) is 3.49. The summed E-state index contributed by atoms with van der Waals surface area (Å²) in [5, 5.41) is 16.8. The summed E-state index contributed by atoms with van der Waals surface area (Å²) in [5.74, 6) is 1.73. The zero-order valence-corrected chi connectivity index (χ0v) is 16.0. The minimum Gasteiger partial charge on any atom is -0.373 e. The van der Waals surface area contributed by atoms with E-state index in [-0.39, 0.29) is 11.0 Å². The topological polar surface area (TPSA) is 64.3 Å². The fraction of sp³-hybridized carbons (Fsp3) is 0.737. The standard InChI is InChI=1S/C19H31N5O/c1-5-13-25-19(11-7-6-8-12-19)14-20-15-9-10-16-21-22-17(18(2,3)4)24(16)23-15/h9-10H,5-8,11-14H2,1-4H3,(H,20,23). The third kappa shape index (κ3) is 4.11. The first kappa shape index (κ1) is 18.1. The highest BCUT2D eigenvalue weighted by Gasteiger charge is 2.32. The Balaban J connectivity index is 1.77. The molecule has 1 N–H and O–H groups in total. The Kier molecular flexibility index (Phi) is 5.27. The van der Waals surface area contributed by atoms with Gasteiger partial charge in [-0.05, 0) is 31.4 Å². The number of rotatable bonds is 6. The van der Waals surface area contributed by atoms with Crippen LogP contribution in [0.5, 0.6) is 0 Å². The summed E-state index contributed by atoms with van der Waals surface area (Å²) < 4.78 is 8.12. The second kappa shape index (κ2) is 7.28. The molecule has 0 bridgehead atoms. The van der Waals surface area contributed by atoms with Crippen molar-refractivity contribution in [3.05, 3.63) is 18.0 Å². The molecule has 0 radical (unpaired) electrons. The maximum Gasteiger partial charge on any atom is 0.178 e. The van der Waals surface area contributed by atoms with Gasteiger partial charge in [-0.15, -0.1) is 15.3 Å². The van der Waals surface area contributed by atoms with Crippen molar-refractivity contribution in [1.29, 1.82) is 0 Å². The van der Waals surface area contributed by atoms with E-state index in [0.29, 0.717) is 0 Å². The van der Waals surface area contributed by atoms with Crippen molar-refractivity contribution in [1.82, 2.24) is 19.8 Å². The van der Waals surface area contributed by atoms with E-state index in [1.807, 2.05) is 16.6 Å². The number of aromatic nitrogens is 4. The number of nitrogens with one attached hydrogen (secondary N) is 1. The summed E-state index contributed by atoms with van der Waals surface area (Å²) >= 11 is 0. The van der Waals surface area contributed by atoms with Gasteiger partial charge in [0, 0.05) is 18.6 Å². The molecule has 0 unspecified atom stereocenters. The van der Waals surface area contributed by atoms with Crippen LogP contribution in [0.25, 0.3) is 5.65 Å². The van der Waals surface area contributed by atoms with Crippen LogP contribution in [-0.2, 0) is 10.2 Å². The van der Waals surface area contributed by atoms with Crippen LogP contribution in [0.15, 0.2) is 12.1 Å². The first-order chi connectivity index (χ1) is 11.9. The Bertz CT molecular complexity index is 697. The lowest BCUT2D eigenvalue weighted by Crippen LogP contribution is -2.42. The van der Waals surface area contributed by atoms with Crippen LogP contribution < -0.4 is 5.32 Å². The number of hydrogen-bond acceptors (Lipinski definition) is 5. The van der Waals surface area contributed by atoms with E-state index in [4.69, 9.17) is 9.84 Å². The van der Waals surface area contributed by atoms with Gasteiger partial charge in [-0.25, -0.2) is 0 Å². The van der Waals surface area contributed by atoms with Crippen LogP contribution in [0.2, 0.25) is 0 Å². The maximum atomic E-state index is 6.27. The van der Waals surface area contributed by atoms with E-state index in [2.05, 4.69) is 43.2 Å². The summed E-state index contributed by atoms with van der Waals surface area (Å²) in [4.78, 5) is 0. The second-order valence-electron chi connectivity index (χ2n) is 8.21. The smallest absolute Gasteiger partial charge is 0.178 e. The molecule has 2 aromatic rings. The lowest BCUT2D eigenvalue weighted by molar-refractivity contribution is -0.0599. The van der Waals surface area contributed by atoms with Crippen molar-refractivity contribution < 1.29 is 4.74 Å². The predicted octanol–water partition coefficient (Wildman–Crippen LogP) is 3.96. The molecule has 3 rings (SSSR count). The summed E-state index contributed by atoms with van der Waals surface area (Å²) in [6.07, 6.45) is 7.12. The Hall–Kier alpha value is -1.69. The molecule has 0 amide bonds. The molecule has 0 saturated heterocycles. The summed E-state index contributed by atoms with van der Waals surface area (Å²) in [7, 11) is 0. The van der Waals surface area contributed by atoms with Crippen LogP contribution in [0.1, 0.15) is 72.0 Å². The van der Waals surface area contributed by atoms with E-state index in [0.717, 1.165) is 49.7 Å². The third-order valence-corrected chi connectivity index (χ3v) is 4.90. The molecular weight excluding hydrogens is 314 g/mol. The molecule has 0 spiro atoms. The van der Waals surface area contributed by atoms with Gasteiger partial charge in [0.1, 0.15) is 5.82 Å². The maximum absolute atomic E-state index is 6.27. The van der Waals surface area contributed by atoms with Crippen molar-refractivity contribution in [2.24, 2.45) is 0 Å². The Morgan fingerprint density at radius 3 is 2.60 bits per heavy atom. The van der Waals surface area contributed by atoms with E-state index >= 15 is 0 Å². The van der Waals surface area contributed by atoms with Crippen LogP contribution in [0.3, 0.4) is 0 Å². The van der Waals surface area contributed by atoms with E-state index < -0.39 is 0 Å². The van der Waals surface area contributed by atoms with Gasteiger partial charge >= 0.3 is 0 Å². The molecule has 6 nitrogen and oxygen atoms in total. The molecule has 2 heterocycles. The monoisotopic (exact) mass is 345 g/mol. The molecule has 1 fully saturated rings. The lowest BCUT2D eigenvalue weighted by atomic mass is 9.84. The zero-order chi connectivity index (χ0) is 17.9. The van der Waals surface area contributed by atoms with Crippen LogP contribution in [-0.4, -0.2) is 38.6 Å². The summed E-state index contributed by atoms with van der Waals surface area (Å²) in [5.41, 5.74) is 0.634. The zero-order valence-electron chi connectivity index (χ0n) is 16.0. The molecule has 138 valence electrons. The van der Waals surface area contributed by atoms with Crippen molar-refractivity contribution in [2.75, 3.05) is 18.5 Å². The molecule has 0 atom stereocenters. The molecule has 1 aliphatic carbocycles. The highest BCUT2D eigenvalue weighted by molar-refractivity contribution is 5.44. The minimum atomic E-state index is -0.0974. The van der Waals surface area contributed by atoms with E-state index in [1.165, 1.54) is 19.3 Å². The highest BCUT2D eigenvalue weighted by Crippen LogP contribution is 2.32. The number of hydrogen-bond donors (Lipinski definition) is 1. The quantitative estimate of drug-likeness (QED) is 0.858.